The summed E-state index contributed by atoms with van der Waals surface area (Å²) in [5.41, 5.74) is 27.5. The molecule has 0 saturated carbocycles. The third-order valence-corrected chi connectivity index (χ3v) is 19.8. The molecule has 530 valence electrons. The van der Waals surface area contributed by atoms with Gasteiger partial charge >= 0.3 is 16.5 Å². The second-order valence-corrected chi connectivity index (χ2v) is 28.4. The molecule has 3 rings (SSSR count). The first kappa shape index (κ1) is 89.0. The van der Waals surface area contributed by atoms with Gasteiger partial charge in [-0.1, -0.05) is 351 Å². The molecule has 0 radical (unpaired) electrons. The fourth-order valence-corrected chi connectivity index (χ4v) is 13.7. The van der Waals surface area contributed by atoms with Crippen LogP contribution >= 0.6 is 0 Å². The van der Waals surface area contributed by atoms with Crippen molar-refractivity contribution in [1.82, 2.24) is 0 Å². The minimum absolute atomic E-state index is 0. The van der Waals surface area contributed by atoms with E-state index in [2.05, 4.69) is 107 Å². The second-order valence-electron chi connectivity index (χ2n) is 28.4. The van der Waals surface area contributed by atoms with Crippen LogP contribution in [0.3, 0.4) is 0 Å². The molecular weight excluding hydrogens is 1140 g/mol. The van der Waals surface area contributed by atoms with Crippen LogP contribution in [0.2, 0.25) is 0 Å². The van der Waals surface area contributed by atoms with E-state index in [1.165, 1.54) is 386 Å². The van der Waals surface area contributed by atoms with Gasteiger partial charge in [0.1, 0.15) is 0 Å². The SMILES string of the molecule is CCCCCCCCC1=C(c2cc(CCCC)c(CCCC)c(CCCC)c2)[N+](=[N-])C(c2cc(CCCC)c(CCCC)c(CCCC)c2)=C1.[CH2-]CCCCCCCCCCCCCCCCCCC.[CH2-]CCCCCCCCCCCCCCCCCCC.[Ni+2]. The average Bonchev–Trinajstić information content (AvgIpc) is 1.80. The maximum atomic E-state index is 12.4. The standard InChI is InChI=1S/C48H76N2.2C20H41.Ni/c1-8-15-22-23-24-25-30-42-37-47(43-33-38(26-16-9-2)45(31-20-13-6)39(34-43)27-17-10-3)50(49)48(42)44-35-40(28-18-11-4)46(32-21-14-7)41(36-44)29-19-12-5;2*1-3-5-7-9-11-13-15-17-19-20-18-16-14-12-10-8-6-4-2;/h33-37H,8-32H2,1-7H3;2*1,3-20H2,2H3;/q;2*-1;+2. The van der Waals surface area contributed by atoms with E-state index in [9.17, 15) is 5.53 Å². The Morgan fingerprint density at radius 1 is 0.264 bits per heavy atom. The van der Waals surface area contributed by atoms with Crippen LogP contribution in [-0.2, 0) is 55.0 Å². The number of nitrogens with zero attached hydrogens (tertiary/aromatic N) is 2. The number of unbranched alkanes of at least 4 members (excludes halogenated alkanes) is 45. The molecule has 0 bridgehead atoms. The summed E-state index contributed by atoms with van der Waals surface area (Å²) in [4.78, 5) is 0. The molecule has 2 nitrogen and oxygen atoms in total. The molecule has 3 heteroatoms. The summed E-state index contributed by atoms with van der Waals surface area (Å²) >= 11 is 0. The minimum Gasteiger partial charge on any atom is -0.493 e. The summed E-state index contributed by atoms with van der Waals surface area (Å²) in [6, 6.07) is 9.90. The van der Waals surface area contributed by atoms with Crippen molar-refractivity contribution >= 4 is 11.4 Å². The number of rotatable bonds is 61. The molecule has 1 aliphatic heterocycles. The van der Waals surface area contributed by atoms with Crippen LogP contribution in [0, 0.1) is 13.8 Å². The van der Waals surface area contributed by atoms with Gasteiger partial charge in [0.05, 0.1) is 0 Å². The van der Waals surface area contributed by atoms with Crippen LogP contribution in [0.1, 0.15) is 460 Å². The third-order valence-electron chi connectivity index (χ3n) is 19.8. The predicted octanol–water partition coefficient (Wildman–Crippen LogP) is 31.0. The zero-order valence-electron chi connectivity index (χ0n) is 63.1. The molecule has 91 heavy (non-hydrogen) atoms. The van der Waals surface area contributed by atoms with Crippen molar-refractivity contribution in [3.63, 3.8) is 0 Å². The average molecular weight is 1300 g/mol. The van der Waals surface area contributed by atoms with Gasteiger partial charge in [-0.15, -0.1) is 0 Å². The Bertz CT molecular complexity index is 1860. The van der Waals surface area contributed by atoms with E-state index in [1.54, 1.807) is 15.8 Å². The first-order valence-electron chi connectivity index (χ1n) is 41.1. The fraction of sp³-hybridized carbons (Fsp3) is 0.795. The van der Waals surface area contributed by atoms with E-state index in [4.69, 9.17) is 0 Å². The van der Waals surface area contributed by atoms with Gasteiger partial charge in [-0.2, -0.15) is 12.8 Å². The Kier molecular flexibility index (Phi) is 65.2. The van der Waals surface area contributed by atoms with Crippen LogP contribution in [0.15, 0.2) is 35.9 Å². The molecule has 1 heterocycles. The molecule has 2 aromatic rings. The van der Waals surface area contributed by atoms with E-state index in [-0.39, 0.29) is 16.5 Å². The van der Waals surface area contributed by atoms with Crippen molar-refractivity contribution in [2.45, 2.75) is 454 Å². The van der Waals surface area contributed by atoms with Crippen molar-refractivity contribution in [1.29, 1.82) is 0 Å². The number of hydrogen-bond acceptors (Lipinski definition) is 0. The second kappa shape index (κ2) is 66.6. The summed E-state index contributed by atoms with van der Waals surface area (Å²) in [6.45, 7) is 28.6. The van der Waals surface area contributed by atoms with Crippen molar-refractivity contribution in [3.05, 3.63) is 99.8 Å². The number of allylic oxidation sites excluding steroid dienone is 2. The van der Waals surface area contributed by atoms with Gasteiger partial charge in [0, 0.05) is 22.8 Å². The van der Waals surface area contributed by atoms with Gasteiger partial charge in [0.25, 0.3) is 0 Å². The molecule has 0 fully saturated rings. The van der Waals surface area contributed by atoms with E-state index in [0.29, 0.717) is 0 Å². The van der Waals surface area contributed by atoms with Gasteiger partial charge in [-0.3, -0.25) is 0 Å². The minimum atomic E-state index is 0. The molecule has 0 N–H and O–H groups in total. The third kappa shape index (κ3) is 45.2. The summed E-state index contributed by atoms with van der Waals surface area (Å²) in [5.74, 6) is 0. The van der Waals surface area contributed by atoms with Crippen LogP contribution in [-0.4, -0.2) is 4.70 Å². The molecule has 0 amide bonds. The Morgan fingerprint density at radius 2 is 0.484 bits per heavy atom. The van der Waals surface area contributed by atoms with Crippen molar-refractivity contribution in [3.8, 4) is 0 Å². The largest absolute Gasteiger partial charge is 2.00 e. The van der Waals surface area contributed by atoms with Gasteiger partial charge in [-0.25, -0.2) is 4.70 Å². The molecule has 0 saturated heterocycles. The van der Waals surface area contributed by atoms with Crippen LogP contribution in [0.4, 0.5) is 0 Å². The zero-order chi connectivity index (χ0) is 65.6. The topological polar surface area (TPSA) is 25.3 Å². The maximum Gasteiger partial charge on any atom is 2.00 e. The summed E-state index contributed by atoms with van der Waals surface area (Å²) in [7, 11) is 0. The Balaban J connectivity index is 0.00000162. The van der Waals surface area contributed by atoms with Crippen molar-refractivity contribution in [2.24, 2.45) is 0 Å². The molecular formula is C88H158N2Ni. The zero-order valence-corrected chi connectivity index (χ0v) is 64.1. The molecule has 0 aromatic heterocycles. The van der Waals surface area contributed by atoms with Gasteiger partial charge in [0.15, 0.2) is 0 Å². The molecule has 2 aromatic carbocycles. The number of aryl methyl sites for hydroxylation is 4. The van der Waals surface area contributed by atoms with E-state index < -0.39 is 0 Å². The number of benzene rings is 2. The van der Waals surface area contributed by atoms with Gasteiger partial charge in [-0.05, 0) is 148 Å². The quantitative estimate of drug-likeness (QED) is 0.0273. The van der Waals surface area contributed by atoms with Crippen LogP contribution in [0.5, 0.6) is 0 Å². The molecule has 0 atom stereocenters. The van der Waals surface area contributed by atoms with Crippen molar-refractivity contribution < 1.29 is 21.2 Å². The molecule has 1 aliphatic rings. The monoisotopic (exact) mass is 1300 g/mol. The summed E-state index contributed by atoms with van der Waals surface area (Å²) in [6.07, 6.45) is 84.3. The normalized spacial score (nSPS) is 12.1. The van der Waals surface area contributed by atoms with Crippen LogP contribution in [0.25, 0.3) is 16.9 Å². The predicted molar refractivity (Wildman–Crippen MR) is 409 cm³/mol. The van der Waals surface area contributed by atoms with E-state index in [1.807, 2.05) is 0 Å². The Hall–Kier alpha value is -1.99. The molecule has 0 unspecified atom stereocenters. The molecule has 0 aliphatic carbocycles. The smallest absolute Gasteiger partial charge is 0.493 e. The summed E-state index contributed by atoms with van der Waals surface area (Å²) < 4.78 is 1.62. The van der Waals surface area contributed by atoms with Crippen molar-refractivity contribution in [2.75, 3.05) is 0 Å². The first-order chi connectivity index (χ1) is 44.3. The van der Waals surface area contributed by atoms with Gasteiger partial charge < -0.3 is 19.4 Å². The number of hydrogen-bond donors (Lipinski definition) is 0. The molecule has 0 spiro atoms. The van der Waals surface area contributed by atoms with E-state index in [0.717, 1.165) is 56.3 Å². The van der Waals surface area contributed by atoms with E-state index >= 15 is 0 Å². The summed E-state index contributed by atoms with van der Waals surface area (Å²) in [5, 5.41) is 0. The Morgan fingerprint density at radius 3 is 0.736 bits per heavy atom. The fourth-order valence-electron chi connectivity index (χ4n) is 13.7. The van der Waals surface area contributed by atoms with Crippen LogP contribution < -0.4 is 0 Å². The Labute approximate surface area is 582 Å². The maximum absolute atomic E-state index is 12.4. The van der Waals surface area contributed by atoms with Gasteiger partial charge in [0.2, 0.25) is 11.4 Å². The first-order valence-corrected chi connectivity index (χ1v) is 41.1.